The largest absolute Gasteiger partial charge is 0.484 e. The molecule has 0 atom stereocenters. The second-order valence-corrected chi connectivity index (χ2v) is 3.62. The first-order valence-electron chi connectivity index (χ1n) is 5.67. The predicted octanol–water partition coefficient (Wildman–Crippen LogP) is 1.94. The number of hydrogen-bond donors (Lipinski definition) is 0. The van der Waals surface area contributed by atoms with Gasteiger partial charge in [-0.15, -0.1) is 6.42 Å². The van der Waals surface area contributed by atoms with Crippen molar-refractivity contribution in [2.75, 3.05) is 19.7 Å². The molecule has 0 bridgehead atoms. The molecule has 17 heavy (non-hydrogen) atoms. The van der Waals surface area contributed by atoms with Crippen molar-refractivity contribution in [2.24, 2.45) is 0 Å². The van der Waals surface area contributed by atoms with Crippen molar-refractivity contribution in [3.8, 4) is 18.1 Å². The average molecular weight is 231 g/mol. The maximum atomic E-state index is 11.8. The van der Waals surface area contributed by atoms with E-state index in [1.807, 2.05) is 37.3 Å². The number of hydrogen-bond acceptors (Lipinski definition) is 2. The van der Waals surface area contributed by atoms with E-state index in [0.29, 0.717) is 18.8 Å². The van der Waals surface area contributed by atoms with Gasteiger partial charge in [0.15, 0.2) is 6.61 Å². The minimum Gasteiger partial charge on any atom is -0.484 e. The zero-order valence-corrected chi connectivity index (χ0v) is 10.1. The molecule has 3 heteroatoms. The van der Waals surface area contributed by atoms with Gasteiger partial charge in [-0.25, -0.2) is 0 Å². The Labute approximate surface area is 102 Å². The molecule has 90 valence electrons. The fraction of sp³-hybridized carbons (Fsp3) is 0.357. The van der Waals surface area contributed by atoms with Gasteiger partial charge < -0.3 is 9.64 Å². The number of para-hydroxylation sites is 1. The third-order valence-electron chi connectivity index (χ3n) is 2.23. The van der Waals surface area contributed by atoms with Gasteiger partial charge >= 0.3 is 0 Å². The molecule has 0 aliphatic carbocycles. The number of rotatable bonds is 6. The zero-order chi connectivity index (χ0) is 12.5. The van der Waals surface area contributed by atoms with E-state index in [4.69, 9.17) is 11.2 Å². The van der Waals surface area contributed by atoms with Crippen LogP contribution in [0.3, 0.4) is 0 Å². The average Bonchev–Trinajstić information content (AvgIpc) is 2.37. The summed E-state index contributed by atoms with van der Waals surface area (Å²) in [5, 5.41) is 0. The van der Waals surface area contributed by atoms with Gasteiger partial charge in [-0.2, -0.15) is 0 Å². The van der Waals surface area contributed by atoms with Crippen molar-refractivity contribution in [2.45, 2.75) is 13.3 Å². The Kier molecular flexibility index (Phi) is 5.67. The summed E-state index contributed by atoms with van der Waals surface area (Å²) in [5.41, 5.74) is 0. The van der Waals surface area contributed by atoms with E-state index in [-0.39, 0.29) is 12.5 Å². The molecular formula is C14H17NO2. The maximum absolute atomic E-state index is 11.8. The molecule has 0 aromatic heterocycles. The van der Waals surface area contributed by atoms with Crippen molar-refractivity contribution in [1.29, 1.82) is 0 Å². The van der Waals surface area contributed by atoms with E-state index in [1.54, 1.807) is 4.90 Å². The summed E-state index contributed by atoms with van der Waals surface area (Å²) in [6.45, 7) is 3.05. The summed E-state index contributed by atoms with van der Waals surface area (Å²) in [7, 11) is 0. The van der Waals surface area contributed by atoms with Crippen LogP contribution < -0.4 is 4.74 Å². The Hall–Kier alpha value is -1.95. The van der Waals surface area contributed by atoms with Crippen LogP contribution in [-0.4, -0.2) is 30.5 Å². The highest BCUT2D eigenvalue weighted by atomic mass is 16.5. The molecular weight excluding hydrogens is 214 g/mol. The lowest BCUT2D eigenvalue weighted by molar-refractivity contribution is -0.132. The first-order valence-corrected chi connectivity index (χ1v) is 5.67. The summed E-state index contributed by atoms with van der Waals surface area (Å²) in [6.07, 6.45) is 6.11. The highest BCUT2D eigenvalue weighted by Gasteiger charge is 2.11. The van der Waals surface area contributed by atoms with Crippen molar-refractivity contribution in [1.82, 2.24) is 4.90 Å². The summed E-state index contributed by atoms with van der Waals surface area (Å²) in [6, 6.07) is 9.27. The van der Waals surface area contributed by atoms with Gasteiger partial charge in [0.05, 0.1) is 6.54 Å². The van der Waals surface area contributed by atoms with Gasteiger partial charge in [0.2, 0.25) is 0 Å². The quantitative estimate of drug-likeness (QED) is 0.700. The van der Waals surface area contributed by atoms with Gasteiger partial charge in [-0.05, 0) is 18.6 Å². The van der Waals surface area contributed by atoms with Crippen LogP contribution in [0.2, 0.25) is 0 Å². The summed E-state index contributed by atoms with van der Waals surface area (Å²) in [4.78, 5) is 13.4. The number of terminal acetylenes is 1. The molecule has 0 unspecified atom stereocenters. The fourth-order valence-electron chi connectivity index (χ4n) is 1.43. The zero-order valence-electron chi connectivity index (χ0n) is 10.1. The van der Waals surface area contributed by atoms with Crippen LogP contribution in [0.15, 0.2) is 30.3 Å². The Morgan fingerprint density at radius 2 is 2.12 bits per heavy atom. The van der Waals surface area contributed by atoms with Crippen LogP contribution in [0.1, 0.15) is 13.3 Å². The summed E-state index contributed by atoms with van der Waals surface area (Å²) in [5.74, 6) is 3.10. The minimum atomic E-state index is -0.0753. The molecule has 0 saturated carbocycles. The van der Waals surface area contributed by atoms with Gasteiger partial charge in [0, 0.05) is 6.54 Å². The lowest BCUT2D eigenvalue weighted by Crippen LogP contribution is -2.35. The van der Waals surface area contributed by atoms with Crippen LogP contribution in [0, 0.1) is 12.3 Å². The third kappa shape index (κ3) is 4.60. The van der Waals surface area contributed by atoms with E-state index in [9.17, 15) is 4.79 Å². The van der Waals surface area contributed by atoms with Crippen molar-refractivity contribution in [3.05, 3.63) is 30.3 Å². The molecule has 0 saturated heterocycles. The molecule has 1 rings (SSSR count). The summed E-state index contributed by atoms with van der Waals surface area (Å²) < 4.78 is 5.38. The van der Waals surface area contributed by atoms with Crippen LogP contribution in [0.5, 0.6) is 5.75 Å². The van der Waals surface area contributed by atoms with E-state index < -0.39 is 0 Å². The number of carbonyl (C=O) groups excluding carboxylic acids is 1. The number of benzene rings is 1. The van der Waals surface area contributed by atoms with E-state index >= 15 is 0 Å². The fourth-order valence-corrected chi connectivity index (χ4v) is 1.43. The van der Waals surface area contributed by atoms with Gasteiger partial charge in [-0.1, -0.05) is 31.0 Å². The first kappa shape index (κ1) is 13.1. The lowest BCUT2D eigenvalue weighted by atomic mass is 10.3. The molecule has 0 aliphatic heterocycles. The smallest absolute Gasteiger partial charge is 0.261 e. The molecule has 0 radical (unpaired) electrons. The van der Waals surface area contributed by atoms with Crippen molar-refractivity contribution >= 4 is 5.91 Å². The molecule has 0 heterocycles. The highest BCUT2D eigenvalue weighted by molar-refractivity contribution is 5.78. The van der Waals surface area contributed by atoms with Crippen molar-refractivity contribution in [3.63, 3.8) is 0 Å². The van der Waals surface area contributed by atoms with Gasteiger partial charge in [0.25, 0.3) is 5.91 Å². The van der Waals surface area contributed by atoms with Gasteiger partial charge in [-0.3, -0.25) is 4.79 Å². The molecule has 1 aromatic rings. The van der Waals surface area contributed by atoms with Gasteiger partial charge in [0.1, 0.15) is 5.75 Å². The Bertz CT molecular complexity index is 381. The molecule has 1 amide bonds. The number of ether oxygens (including phenoxy) is 1. The molecule has 0 fully saturated rings. The standard InChI is InChI=1S/C14H17NO2/c1-3-10-15(11-4-2)14(16)12-17-13-8-6-5-7-9-13/h1,5-9H,4,10-12H2,2H3. The first-order chi connectivity index (χ1) is 8.27. The Morgan fingerprint density at radius 1 is 1.41 bits per heavy atom. The van der Waals surface area contributed by atoms with E-state index in [2.05, 4.69) is 5.92 Å². The number of carbonyl (C=O) groups is 1. The summed E-state index contributed by atoms with van der Waals surface area (Å²) >= 11 is 0. The van der Waals surface area contributed by atoms with Crippen LogP contribution in [-0.2, 0) is 4.79 Å². The second-order valence-electron chi connectivity index (χ2n) is 3.62. The Morgan fingerprint density at radius 3 is 2.71 bits per heavy atom. The topological polar surface area (TPSA) is 29.5 Å². The van der Waals surface area contributed by atoms with Crippen LogP contribution >= 0.6 is 0 Å². The van der Waals surface area contributed by atoms with Crippen molar-refractivity contribution < 1.29 is 9.53 Å². The second kappa shape index (κ2) is 7.34. The van der Waals surface area contributed by atoms with Crippen LogP contribution in [0.25, 0.3) is 0 Å². The third-order valence-corrected chi connectivity index (χ3v) is 2.23. The van der Waals surface area contributed by atoms with E-state index in [1.165, 1.54) is 0 Å². The minimum absolute atomic E-state index is 0.0334. The Balaban J connectivity index is 2.45. The lowest BCUT2D eigenvalue weighted by Gasteiger charge is -2.19. The maximum Gasteiger partial charge on any atom is 0.261 e. The normalized spacial score (nSPS) is 9.41. The van der Waals surface area contributed by atoms with E-state index in [0.717, 1.165) is 6.42 Å². The molecule has 0 aliphatic rings. The van der Waals surface area contributed by atoms with Crippen LogP contribution in [0.4, 0.5) is 0 Å². The molecule has 0 N–H and O–H groups in total. The SMILES string of the molecule is C#CCN(CCC)C(=O)COc1ccccc1. The predicted molar refractivity (Wildman–Crippen MR) is 67.6 cm³/mol. The highest BCUT2D eigenvalue weighted by Crippen LogP contribution is 2.08. The molecule has 0 spiro atoms. The number of amides is 1. The number of nitrogens with zero attached hydrogens (tertiary/aromatic N) is 1. The molecule has 3 nitrogen and oxygen atoms in total. The molecule has 1 aromatic carbocycles. The monoisotopic (exact) mass is 231 g/mol.